The van der Waals surface area contributed by atoms with Crippen molar-refractivity contribution in [2.45, 2.75) is 0 Å². The van der Waals surface area contributed by atoms with Crippen molar-refractivity contribution >= 4 is 22.7 Å². The molecule has 0 aliphatic rings. The van der Waals surface area contributed by atoms with E-state index in [1.54, 1.807) is 0 Å². The largest absolute Gasteiger partial charge is 0.417 e. The molecular formula is C7H4ClNO2. The van der Waals surface area contributed by atoms with E-state index in [0.717, 1.165) is 0 Å². The first-order valence-corrected chi connectivity index (χ1v) is 3.18. The maximum Gasteiger partial charge on any atom is 0.417 e. The number of aromatic amines is 1. The van der Waals surface area contributed by atoms with Crippen LogP contribution in [0.4, 0.5) is 0 Å². The molecule has 56 valence electrons. The van der Waals surface area contributed by atoms with E-state index in [0.29, 0.717) is 0 Å². The molecule has 0 fully saturated rings. The molecule has 0 unspecified atom stereocenters. The molecule has 0 radical (unpaired) electrons. The molecule has 0 saturated heterocycles. The van der Waals surface area contributed by atoms with Gasteiger partial charge in [-0.25, -0.2) is 4.79 Å². The molecule has 2 aromatic rings. The maximum absolute atomic E-state index is 10.8. The molecule has 0 bridgehead atoms. The third-order valence-corrected chi connectivity index (χ3v) is 1.36. The van der Waals surface area contributed by atoms with E-state index in [2.05, 4.69) is 9.40 Å². The van der Waals surface area contributed by atoms with Crippen LogP contribution in [-0.4, -0.2) is 4.98 Å². The van der Waals surface area contributed by atoms with Gasteiger partial charge in [-0.3, -0.25) is 4.98 Å². The molecule has 1 N–H and O–H groups in total. The van der Waals surface area contributed by atoms with Gasteiger partial charge in [0.25, 0.3) is 0 Å². The van der Waals surface area contributed by atoms with Gasteiger partial charge < -0.3 is 4.42 Å². The van der Waals surface area contributed by atoms with E-state index in [1.165, 1.54) is 0 Å². The topological polar surface area (TPSA) is 46.0 Å². The van der Waals surface area contributed by atoms with Crippen molar-refractivity contribution in [3.63, 3.8) is 0 Å². The number of benzene rings is 1. The van der Waals surface area contributed by atoms with Crippen LogP contribution in [0.3, 0.4) is 0 Å². The molecule has 0 amide bonds. The average Bonchev–Trinajstić information content (AvgIpc) is 2.54. The summed E-state index contributed by atoms with van der Waals surface area (Å²) in [5, 5.41) is -0.167. The van der Waals surface area contributed by atoms with E-state index in [-0.39, 0.29) is 34.2 Å². The Hall–Kier alpha value is -1.22. The number of aromatic nitrogens is 1. The monoisotopic (exact) mass is 172 g/mol. The van der Waals surface area contributed by atoms with Crippen molar-refractivity contribution in [2.75, 3.05) is 0 Å². The minimum absolute atomic E-state index is 0.0565. The molecule has 0 saturated carbocycles. The van der Waals surface area contributed by atoms with E-state index in [4.69, 9.17) is 15.7 Å². The van der Waals surface area contributed by atoms with Crippen LogP contribution < -0.4 is 5.76 Å². The van der Waals surface area contributed by atoms with Gasteiger partial charge in [0.15, 0.2) is 5.58 Å². The summed E-state index contributed by atoms with van der Waals surface area (Å²) in [7, 11) is 0. The Morgan fingerprint density at radius 3 is 3.27 bits per heavy atom. The lowest BCUT2D eigenvalue weighted by molar-refractivity contribution is 0.555. The molecular weight excluding hydrogens is 166 g/mol. The van der Waals surface area contributed by atoms with E-state index in [1.807, 2.05) is 0 Å². The Labute approximate surface area is 70.8 Å². The van der Waals surface area contributed by atoms with Crippen molar-refractivity contribution in [2.24, 2.45) is 0 Å². The van der Waals surface area contributed by atoms with Gasteiger partial charge in [0.05, 0.1) is 9.63 Å². The predicted molar refractivity (Wildman–Crippen MR) is 41.8 cm³/mol. The highest BCUT2D eigenvalue weighted by Gasteiger charge is 1.99. The highest BCUT2D eigenvalue weighted by atomic mass is 35.5. The Balaban J connectivity index is 3.08. The van der Waals surface area contributed by atoms with Crippen LogP contribution in [-0.2, 0) is 0 Å². The summed E-state index contributed by atoms with van der Waals surface area (Å²) in [5.74, 6) is -0.760. The molecule has 2 rings (SSSR count). The van der Waals surface area contributed by atoms with E-state index < -0.39 is 5.76 Å². The van der Waals surface area contributed by atoms with Gasteiger partial charge in [-0.1, -0.05) is 11.6 Å². The lowest BCUT2D eigenvalue weighted by Crippen LogP contribution is -1.92. The Morgan fingerprint density at radius 2 is 2.45 bits per heavy atom. The van der Waals surface area contributed by atoms with Crippen LogP contribution in [0.25, 0.3) is 11.1 Å². The SMILES string of the molecule is [2H]c1c(Cl)c([2H])c2[nH]c(=O)oc2c1[2H]. The van der Waals surface area contributed by atoms with Crippen LogP contribution in [0.2, 0.25) is 5.02 Å². The number of rotatable bonds is 0. The summed E-state index contributed by atoms with van der Waals surface area (Å²) in [6, 6.07) is -0.806. The second-order valence-electron chi connectivity index (χ2n) is 1.91. The second-order valence-corrected chi connectivity index (χ2v) is 2.29. The third-order valence-electron chi connectivity index (χ3n) is 1.17. The molecule has 0 aliphatic heterocycles. The van der Waals surface area contributed by atoms with Gasteiger partial charge in [0.2, 0.25) is 0 Å². The van der Waals surface area contributed by atoms with Crippen LogP contribution in [0.1, 0.15) is 4.11 Å². The van der Waals surface area contributed by atoms with Crippen molar-refractivity contribution in [1.29, 1.82) is 0 Å². The summed E-state index contributed by atoms with van der Waals surface area (Å²) in [4.78, 5) is 13.1. The first-order chi connectivity index (χ1) is 6.52. The van der Waals surface area contributed by atoms with Gasteiger partial charge in [0.1, 0.15) is 0 Å². The number of nitrogens with one attached hydrogen (secondary N) is 1. The Bertz CT molecular complexity index is 526. The van der Waals surface area contributed by atoms with Crippen LogP contribution in [0.15, 0.2) is 27.3 Å². The predicted octanol–water partition coefficient (Wildman–Crippen LogP) is 1.77. The molecule has 1 heterocycles. The number of fused-ring (bicyclic) bond motifs is 1. The normalized spacial score (nSPS) is 14.5. The number of hydrogen-bond donors (Lipinski definition) is 1. The Morgan fingerprint density at radius 1 is 1.64 bits per heavy atom. The Kier molecular flexibility index (Phi) is 0.770. The van der Waals surface area contributed by atoms with Gasteiger partial charge in [0, 0.05) is 5.02 Å². The van der Waals surface area contributed by atoms with Gasteiger partial charge in [-0.15, -0.1) is 0 Å². The van der Waals surface area contributed by atoms with Gasteiger partial charge >= 0.3 is 5.76 Å². The zero-order valence-corrected chi connectivity index (χ0v) is 5.95. The van der Waals surface area contributed by atoms with E-state index >= 15 is 0 Å². The molecule has 4 heteroatoms. The summed E-state index contributed by atoms with van der Waals surface area (Å²) >= 11 is 5.61. The summed E-state index contributed by atoms with van der Waals surface area (Å²) in [5.41, 5.74) is -0.0459. The van der Waals surface area contributed by atoms with Gasteiger partial charge in [-0.05, 0) is 18.1 Å². The summed E-state index contributed by atoms with van der Waals surface area (Å²) < 4.78 is 26.9. The molecule has 3 nitrogen and oxygen atoms in total. The minimum atomic E-state index is -0.760. The molecule has 1 aromatic heterocycles. The molecule has 0 aliphatic carbocycles. The second kappa shape index (κ2) is 2.13. The molecule has 0 spiro atoms. The molecule has 11 heavy (non-hydrogen) atoms. The zero-order chi connectivity index (χ0) is 10.5. The summed E-state index contributed by atoms with van der Waals surface area (Å²) in [6.07, 6.45) is 0. The quantitative estimate of drug-likeness (QED) is 0.659. The first kappa shape index (κ1) is 3.97. The highest BCUT2D eigenvalue weighted by molar-refractivity contribution is 6.31. The van der Waals surface area contributed by atoms with Crippen molar-refractivity contribution in [1.82, 2.24) is 4.98 Å². The van der Waals surface area contributed by atoms with Crippen LogP contribution >= 0.6 is 11.6 Å². The zero-order valence-electron chi connectivity index (χ0n) is 8.19. The standard InChI is InChI=1S/C7H4ClNO2/c8-4-1-2-6-5(3-4)9-7(10)11-6/h1-3H,(H,9,10)/i1D,2D,3D. The molecule has 0 atom stereocenters. The van der Waals surface area contributed by atoms with Gasteiger partial charge in [-0.2, -0.15) is 0 Å². The fraction of sp³-hybridized carbons (Fsp3) is 0. The van der Waals surface area contributed by atoms with E-state index in [9.17, 15) is 4.79 Å². The third kappa shape index (κ3) is 1.03. The number of H-pyrrole nitrogens is 1. The lowest BCUT2D eigenvalue weighted by atomic mass is 10.3. The van der Waals surface area contributed by atoms with Crippen molar-refractivity contribution < 1.29 is 8.53 Å². The first-order valence-electron chi connectivity index (χ1n) is 4.30. The van der Waals surface area contributed by atoms with Crippen LogP contribution in [0, 0.1) is 0 Å². The number of oxazole rings is 1. The highest BCUT2D eigenvalue weighted by Crippen LogP contribution is 2.15. The summed E-state index contributed by atoms with van der Waals surface area (Å²) in [6.45, 7) is 0. The minimum Gasteiger partial charge on any atom is -0.408 e. The van der Waals surface area contributed by atoms with Crippen LogP contribution in [0.5, 0.6) is 0 Å². The average molecular weight is 173 g/mol. The maximum atomic E-state index is 10.8. The molecule has 1 aromatic carbocycles. The fourth-order valence-corrected chi connectivity index (χ4v) is 0.898. The van der Waals surface area contributed by atoms with Crippen molar-refractivity contribution in [3.8, 4) is 0 Å². The lowest BCUT2D eigenvalue weighted by Gasteiger charge is -1.86. The van der Waals surface area contributed by atoms with Crippen molar-refractivity contribution in [3.05, 3.63) is 33.7 Å². The number of hydrogen-bond acceptors (Lipinski definition) is 2. The smallest absolute Gasteiger partial charge is 0.408 e. The number of halogens is 1. The fourth-order valence-electron chi connectivity index (χ4n) is 0.757.